The lowest BCUT2D eigenvalue weighted by Crippen LogP contribution is -2.43. The van der Waals surface area contributed by atoms with Gasteiger partial charge in [-0.25, -0.2) is 9.97 Å². The molecule has 29 heavy (non-hydrogen) atoms. The first kappa shape index (κ1) is 20.1. The van der Waals surface area contributed by atoms with Gasteiger partial charge in [0.25, 0.3) is 5.91 Å². The first-order valence-electron chi connectivity index (χ1n) is 10.2. The van der Waals surface area contributed by atoms with E-state index in [4.69, 9.17) is 21.3 Å². The molecule has 0 aliphatic carbocycles. The Morgan fingerprint density at radius 3 is 2.69 bits per heavy atom. The lowest BCUT2D eigenvalue weighted by molar-refractivity contribution is -0.142. The van der Waals surface area contributed by atoms with E-state index < -0.39 is 0 Å². The summed E-state index contributed by atoms with van der Waals surface area (Å²) in [7, 11) is 3.89. The number of hydrogen-bond acceptors (Lipinski definition) is 5. The zero-order valence-corrected chi connectivity index (χ0v) is 17.7. The zero-order valence-electron chi connectivity index (χ0n) is 17.0. The molecular weight excluding hydrogens is 388 g/mol. The molecule has 154 valence electrons. The van der Waals surface area contributed by atoms with Crippen LogP contribution in [0.25, 0.3) is 11.1 Å². The van der Waals surface area contributed by atoms with E-state index in [0.29, 0.717) is 17.6 Å². The summed E-state index contributed by atoms with van der Waals surface area (Å²) in [6, 6.07) is 7.81. The molecule has 0 saturated carbocycles. The number of carbonyl (C=O) groups excluding carboxylic acids is 1. The molecule has 3 heterocycles. The van der Waals surface area contributed by atoms with Gasteiger partial charge in [0.05, 0.1) is 5.69 Å². The number of rotatable bonds is 4. The first-order chi connectivity index (χ1) is 14.0. The first-order valence-corrected chi connectivity index (χ1v) is 10.6. The summed E-state index contributed by atoms with van der Waals surface area (Å²) in [5, 5.41) is 0.696. The van der Waals surface area contributed by atoms with E-state index in [-0.39, 0.29) is 17.9 Å². The van der Waals surface area contributed by atoms with Crippen LogP contribution in [0.15, 0.2) is 30.5 Å². The van der Waals surface area contributed by atoms with Gasteiger partial charge < -0.3 is 14.5 Å². The highest BCUT2D eigenvalue weighted by Gasteiger charge is 2.32. The number of nitrogens with zero attached hydrogens (tertiary/aromatic N) is 4. The van der Waals surface area contributed by atoms with Crippen LogP contribution in [0.5, 0.6) is 0 Å². The molecule has 2 aliphatic heterocycles. The quantitative estimate of drug-likeness (QED) is 0.762. The number of aromatic nitrogens is 2. The second-order valence-electron chi connectivity index (χ2n) is 7.97. The largest absolute Gasteiger partial charge is 0.368 e. The molecule has 0 spiro atoms. The van der Waals surface area contributed by atoms with Gasteiger partial charge in [0.1, 0.15) is 6.10 Å². The molecule has 1 atom stereocenters. The van der Waals surface area contributed by atoms with Crippen molar-refractivity contribution in [3.05, 3.63) is 41.2 Å². The maximum atomic E-state index is 12.7. The number of ether oxygens (including phenoxy) is 1. The fourth-order valence-corrected chi connectivity index (χ4v) is 4.33. The van der Waals surface area contributed by atoms with Crippen LogP contribution in [-0.2, 0) is 9.53 Å². The molecule has 0 bridgehead atoms. The Hall–Kier alpha value is -2.18. The third kappa shape index (κ3) is 4.38. The van der Waals surface area contributed by atoms with E-state index in [1.165, 1.54) is 0 Å². The van der Waals surface area contributed by atoms with Crippen molar-refractivity contribution in [1.29, 1.82) is 0 Å². The fourth-order valence-electron chi connectivity index (χ4n) is 4.14. The number of likely N-dealkylation sites (tertiary alicyclic amines) is 1. The second-order valence-corrected chi connectivity index (χ2v) is 8.41. The highest BCUT2D eigenvalue weighted by molar-refractivity contribution is 6.30. The predicted octanol–water partition coefficient (Wildman–Crippen LogP) is 3.75. The third-order valence-electron chi connectivity index (χ3n) is 5.74. The summed E-state index contributed by atoms with van der Waals surface area (Å²) in [4.78, 5) is 26.0. The summed E-state index contributed by atoms with van der Waals surface area (Å²) in [5.74, 6) is 1.12. The smallest absolute Gasteiger partial charge is 0.251 e. The molecule has 2 aliphatic rings. The lowest BCUT2D eigenvalue weighted by Gasteiger charge is -2.34. The minimum Gasteiger partial charge on any atom is -0.368 e. The van der Waals surface area contributed by atoms with E-state index >= 15 is 0 Å². The minimum atomic E-state index is -0.243. The molecule has 4 rings (SSSR count). The molecule has 6 nitrogen and oxygen atoms in total. The third-order valence-corrected chi connectivity index (χ3v) is 5.97. The molecule has 1 amide bonds. The van der Waals surface area contributed by atoms with E-state index in [1.54, 1.807) is 0 Å². The van der Waals surface area contributed by atoms with Crippen LogP contribution < -0.4 is 4.90 Å². The van der Waals surface area contributed by atoms with E-state index in [2.05, 4.69) is 4.98 Å². The Morgan fingerprint density at radius 1 is 1.24 bits per heavy atom. The summed E-state index contributed by atoms with van der Waals surface area (Å²) < 4.78 is 5.58. The average Bonchev–Trinajstić information content (AvgIpc) is 3.28. The van der Waals surface area contributed by atoms with Crippen LogP contribution >= 0.6 is 11.6 Å². The molecule has 2 saturated heterocycles. The molecule has 1 aromatic carbocycles. The van der Waals surface area contributed by atoms with Crippen molar-refractivity contribution in [2.45, 2.75) is 37.7 Å². The van der Waals surface area contributed by atoms with Crippen LogP contribution in [0.4, 0.5) is 5.95 Å². The molecule has 2 fully saturated rings. The van der Waals surface area contributed by atoms with Crippen LogP contribution in [-0.4, -0.2) is 60.7 Å². The lowest BCUT2D eigenvalue weighted by atomic mass is 9.88. The Labute approximate surface area is 176 Å². The van der Waals surface area contributed by atoms with Crippen LogP contribution in [0.2, 0.25) is 5.02 Å². The Bertz CT molecular complexity index is 875. The van der Waals surface area contributed by atoms with Gasteiger partial charge in [0.2, 0.25) is 5.95 Å². The zero-order chi connectivity index (χ0) is 20.4. The highest BCUT2D eigenvalue weighted by Crippen LogP contribution is 2.35. The minimum absolute atomic E-state index is 0.146. The number of amides is 1. The van der Waals surface area contributed by atoms with Crippen LogP contribution in [0.1, 0.15) is 37.3 Å². The Kier molecular flexibility index (Phi) is 6.01. The standard InChI is InChI=1S/C22H27ClN4O2/c1-26(2)22-24-14-18(16-5-3-6-17(23)13-16)20(25-22)15-8-10-27(11-9-15)21(28)19-7-4-12-29-19/h3,5-6,13-15,19H,4,7-12H2,1-2H3. The van der Waals surface area contributed by atoms with Crippen molar-refractivity contribution in [1.82, 2.24) is 14.9 Å². The van der Waals surface area contributed by atoms with Gasteiger partial charge in [-0.3, -0.25) is 4.79 Å². The number of hydrogen-bond donors (Lipinski definition) is 0. The van der Waals surface area contributed by atoms with Crippen molar-refractivity contribution < 1.29 is 9.53 Å². The summed E-state index contributed by atoms with van der Waals surface area (Å²) in [5.41, 5.74) is 3.08. The number of carbonyl (C=O) groups is 1. The van der Waals surface area contributed by atoms with Gasteiger partial charge in [0, 0.05) is 56.5 Å². The second kappa shape index (κ2) is 8.67. The molecular formula is C22H27ClN4O2. The predicted molar refractivity (Wildman–Crippen MR) is 114 cm³/mol. The number of piperidine rings is 1. The average molecular weight is 415 g/mol. The summed E-state index contributed by atoms with van der Waals surface area (Å²) >= 11 is 6.23. The van der Waals surface area contributed by atoms with E-state index in [9.17, 15) is 4.79 Å². The van der Waals surface area contributed by atoms with Gasteiger partial charge in [0.15, 0.2) is 0 Å². The SMILES string of the molecule is CN(C)c1ncc(-c2cccc(Cl)c2)c(C2CCN(C(=O)C3CCCO3)CC2)n1. The number of benzene rings is 1. The molecule has 0 N–H and O–H groups in total. The van der Waals surface area contributed by atoms with Crippen LogP contribution in [0.3, 0.4) is 0 Å². The summed E-state index contributed by atoms with van der Waals surface area (Å²) in [6.07, 6.45) is 5.24. The van der Waals surface area contributed by atoms with E-state index in [0.717, 1.165) is 55.6 Å². The van der Waals surface area contributed by atoms with Crippen LogP contribution in [0, 0.1) is 0 Å². The fraction of sp³-hybridized carbons (Fsp3) is 0.500. The molecule has 0 radical (unpaired) electrons. The molecule has 1 unspecified atom stereocenters. The van der Waals surface area contributed by atoms with Crippen molar-refractivity contribution >= 4 is 23.5 Å². The van der Waals surface area contributed by atoms with Gasteiger partial charge in [-0.2, -0.15) is 0 Å². The molecule has 2 aromatic rings. The van der Waals surface area contributed by atoms with Crippen molar-refractivity contribution in [3.63, 3.8) is 0 Å². The maximum absolute atomic E-state index is 12.7. The monoisotopic (exact) mass is 414 g/mol. The van der Waals surface area contributed by atoms with Gasteiger partial charge in [-0.05, 0) is 43.4 Å². The number of halogens is 1. The van der Waals surface area contributed by atoms with E-state index in [1.807, 2.05) is 54.4 Å². The topological polar surface area (TPSA) is 58.6 Å². The number of anilines is 1. The Balaban J connectivity index is 1.57. The molecule has 7 heteroatoms. The van der Waals surface area contributed by atoms with Crippen molar-refractivity contribution in [2.75, 3.05) is 38.7 Å². The van der Waals surface area contributed by atoms with Gasteiger partial charge in [-0.1, -0.05) is 23.7 Å². The normalized spacial score (nSPS) is 20.1. The van der Waals surface area contributed by atoms with Crippen molar-refractivity contribution in [2.24, 2.45) is 0 Å². The summed E-state index contributed by atoms with van der Waals surface area (Å²) in [6.45, 7) is 2.17. The van der Waals surface area contributed by atoms with Crippen molar-refractivity contribution in [3.8, 4) is 11.1 Å². The van der Waals surface area contributed by atoms with Gasteiger partial charge in [-0.15, -0.1) is 0 Å². The maximum Gasteiger partial charge on any atom is 0.251 e. The molecule has 1 aromatic heterocycles. The highest BCUT2D eigenvalue weighted by atomic mass is 35.5. The Morgan fingerprint density at radius 2 is 2.03 bits per heavy atom. The van der Waals surface area contributed by atoms with Gasteiger partial charge >= 0.3 is 0 Å².